The molecule has 3 unspecified atom stereocenters. The van der Waals surface area contributed by atoms with E-state index in [1.54, 1.807) is 7.11 Å². The third-order valence-electron chi connectivity index (χ3n) is 4.23. The first-order valence-electron chi connectivity index (χ1n) is 7.34. The van der Waals surface area contributed by atoms with Gasteiger partial charge in [-0.05, 0) is 30.6 Å². The smallest absolute Gasteiger partial charge is 0.262 e. The van der Waals surface area contributed by atoms with E-state index < -0.39 is 0 Å². The summed E-state index contributed by atoms with van der Waals surface area (Å²) in [5.74, 6) is 3.05. The summed E-state index contributed by atoms with van der Waals surface area (Å²) >= 11 is 0. The maximum Gasteiger partial charge on any atom is 0.262 e. The number of aromatic nitrogens is 2. The Labute approximate surface area is 120 Å². The van der Waals surface area contributed by atoms with Crippen LogP contribution in [0.25, 0.3) is 0 Å². The molecule has 0 radical (unpaired) electrons. The van der Waals surface area contributed by atoms with Gasteiger partial charge in [0.2, 0.25) is 5.75 Å². The number of hydrogen-bond donors (Lipinski definition) is 1. The molecule has 1 fully saturated rings. The molecule has 5 nitrogen and oxygen atoms in total. The average molecular weight is 279 g/mol. The highest BCUT2D eigenvalue weighted by atomic mass is 16.5. The first-order chi connectivity index (χ1) is 9.52. The zero-order chi connectivity index (χ0) is 14.7. The van der Waals surface area contributed by atoms with Gasteiger partial charge in [-0.2, -0.15) is 4.98 Å². The van der Waals surface area contributed by atoms with Gasteiger partial charge >= 0.3 is 0 Å². The lowest BCUT2D eigenvalue weighted by molar-refractivity contribution is 0.0404. The van der Waals surface area contributed by atoms with E-state index in [-0.39, 0.29) is 6.10 Å². The van der Waals surface area contributed by atoms with Crippen LogP contribution in [-0.2, 0) is 0 Å². The molecule has 0 aromatic carbocycles. The van der Waals surface area contributed by atoms with Gasteiger partial charge in [0, 0.05) is 0 Å². The summed E-state index contributed by atoms with van der Waals surface area (Å²) in [6.07, 6.45) is 5.11. The summed E-state index contributed by atoms with van der Waals surface area (Å²) in [5, 5.41) is 0. The van der Waals surface area contributed by atoms with Crippen molar-refractivity contribution in [2.24, 2.45) is 17.8 Å². The molecule has 3 atom stereocenters. The Hall–Kier alpha value is -1.52. The van der Waals surface area contributed by atoms with Crippen LogP contribution in [0.4, 0.5) is 5.82 Å². The molecule has 1 aromatic heterocycles. The molecule has 1 aliphatic rings. The molecule has 0 saturated heterocycles. The summed E-state index contributed by atoms with van der Waals surface area (Å²) < 4.78 is 11.4. The van der Waals surface area contributed by atoms with Crippen LogP contribution in [0.3, 0.4) is 0 Å². The van der Waals surface area contributed by atoms with Crippen molar-refractivity contribution in [1.29, 1.82) is 0 Å². The fourth-order valence-electron chi connectivity index (χ4n) is 3.04. The van der Waals surface area contributed by atoms with Crippen LogP contribution in [-0.4, -0.2) is 23.2 Å². The zero-order valence-corrected chi connectivity index (χ0v) is 12.8. The van der Waals surface area contributed by atoms with Gasteiger partial charge in [0.1, 0.15) is 12.4 Å². The van der Waals surface area contributed by atoms with Crippen molar-refractivity contribution in [3.63, 3.8) is 0 Å². The van der Waals surface area contributed by atoms with Crippen molar-refractivity contribution in [3.8, 4) is 11.6 Å². The van der Waals surface area contributed by atoms with E-state index in [2.05, 4.69) is 30.7 Å². The van der Waals surface area contributed by atoms with Crippen LogP contribution in [0, 0.1) is 17.8 Å². The predicted molar refractivity (Wildman–Crippen MR) is 78.8 cm³/mol. The van der Waals surface area contributed by atoms with Crippen LogP contribution in [0.1, 0.15) is 40.0 Å². The second-order valence-electron chi connectivity index (χ2n) is 6.08. The Balaban J connectivity index is 2.20. The van der Waals surface area contributed by atoms with Crippen LogP contribution >= 0.6 is 0 Å². The van der Waals surface area contributed by atoms with Crippen LogP contribution in [0.2, 0.25) is 0 Å². The fraction of sp³-hybridized carbons (Fsp3) is 0.733. The number of nitrogen functional groups attached to an aromatic ring is 1. The molecule has 2 rings (SSSR count). The number of rotatable bonds is 4. The predicted octanol–water partition coefficient (Wildman–Crippen LogP) is 2.91. The number of nitrogens with zero attached hydrogens (tertiary/aromatic N) is 2. The van der Waals surface area contributed by atoms with Gasteiger partial charge < -0.3 is 15.2 Å². The number of methoxy groups -OCH3 is 1. The lowest BCUT2D eigenvalue weighted by Crippen LogP contribution is -2.36. The molecular weight excluding hydrogens is 254 g/mol. The number of hydrogen-bond acceptors (Lipinski definition) is 5. The highest BCUT2D eigenvalue weighted by molar-refractivity contribution is 5.51. The third kappa shape index (κ3) is 3.14. The summed E-state index contributed by atoms with van der Waals surface area (Å²) in [6.45, 7) is 6.78. The summed E-state index contributed by atoms with van der Waals surface area (Å²) in [4.78, 5) is 8.12. The van der Waals surface area contributed by atoms with Gasteiger partial charge in [0.05, 0.1) is 7.11 Å². The number of anilines is 1. The summed E-state index contributed by atoms with van der Waals surface area (Å²) in [7, 11) is 1.56. The molecule has 0 bridgehead atoms. The van der Waals surface area contributed by atoms with E-state index in [1.165, 1.54) is 19.2 Å². The molecule has 1 aliphatic carbocycles. The van der Waals surface area contributed by atoms with Gasteiger partial charge in [-0.15, -0.1) is 0 Å². The Morgan fingerprint density at radius 3 is 2.70 bits per heavy atom. The third-order valence-corrected chi connectivity index (χ3v) is 4.23. The summed E-state index contributed by atoms with van der Waals surface area (Å²) in [6, 6.07) is 0. The Bertz CT molecular complexity index is 451. The zero-order valence-electron chi connectivity index (χ0n) is 12.8. The van der Waals surface area contributed by atoms with Gasteiger partial charge in [-0.1, -0.05) is 27.2 Å². The topological polar surface area (TPSA) is 70.3 Å². The molecule has 1 saturated carbocycles. The lowest BCUT2D eigenvalue weighted by atomic mass is 9.75. The van der Waals surface area contributed by atoms with Crippen LogP contribution in [0.15, 0.2) is 6.33 Å². The first-order valence-corrected chi connectivity index (χ1v) is 7.34. The molecule has 0 amide bonds. The maximum atomic E-state index is 6.15. The second-order valence-corrected chi connectivity index (χ2v) is 6.08. The molecule has 0 aliphatic heterocycles. The van der Waals surface area contributed by atoms with E-state index >= 15 is 0 Å². The van der Waals surface area contributed by atoms with Gasteiger partial charge in [0.15, 0.2) is 5.82 Å². The Kier molecular flexibility index (Phi) is 4.68. The van der Waals surface area contributed by atoms with Crippen molar-refractivity contribution < 1.29 is 9.47 Å². The minimum Gasteiger partial charge on any atom is -0.489 e. The van der Waals surface area contributed by atoms with Gasteiger partial charge in [-0.25, -0.2) is 4.98 Å². The first kappa shape index (κ1) is 14.9. The standard InChI is InChI=1S/C15H25N3O2/c1-9(2)11-6-5-10(3)7-12(11)20-15-13(19-4)14(16)17-8-18-15/h8-12H,5-7H2,1-4H3,(H2,16,17,18). The largest absolute Gasteiger partial charge is 0.489 e. The van der Waals surface area contributed by atoms with Crippen molar-refractivity contribution in [2.45, 2.75) is 46.1 Å². The minimum absolute atomic E-state index is 0.168. The second kappa shape index (κ2) is 6.29. The molecule has 112 valence electrons. The van der Waals surface area contributed by atoms with Crippen LogP contribution < -0.4 is 15.2 Å². The van der Waals surface area contributed by atoms with Crippen molar-refractivity contribution in [3.05, 3.63) is 6.33 Å². The molecule has 20 heavy (non-hydrogen) atoms. The van der Waals surface area contributed by atoms with Crippen molar-refractivity contribution in [2.75, 3.05) is 12.8 Å². The molecular formula is C15H25N3O2. The quantitative estimate of drug-likeness (QED) is 0.917. The van der Waals surface area contributed by atoms with Gasteiger partial charge in [-0.3, -0.25) is 0 Å². The van der Waals surface area contributed by atoms with Crippen molar-refractivity contribution >= 4 is 5.82 Å². The average Bonchev–Trinajstić information content (AvgIpc) is 2.38. The molecule has 1 heterocycles. The molecule has 0 spiro atoms. The SMILES string of the molecule is COc1c(N)ncnc1OC1CC(C)CCC1C(C)C. The number of nitrogens with two attached hydrogens (primary N) is 1. The molecule has 2 N–H and O–H groups in total. The highest BCUT2D eigenvalue weighted by Gasteiger charge is 2.33. The maximum absolute atomic E-state index is 6.15. The Morgan fingerprint density at radius 2 is 2.05 bits per heavy atom. The monoisotopic (exact) mass is 279 g/mol. The minimum atomic E-state index is 0.168. The van der Waals surface area contributed by atoms with Crippen molar-refractivity contribution in [1.82, 2.24) is 9.97 Å². The van der Waals surface area contributed by atoms with E-state index in [9.17, 15) is 0 Å². The van der Waals surface area contributed by atoms with E-state index in [0.29, 0.717) is 35.2 Å². The Morgan fingerprint density at radius 1 is 1.30 bits per heavy atom. The van der Waals surface area contributed by atoms with Gasteiger partial charge in [0.25, 0.3) is 5.88 Å². The number of ether oxygens (including phenoxy) is 2. The lowest BCUT2D eigenvalue weighted by Gasteiger charge is -2.37. The fourth-order valence-corrected chi connectivity index (χ4v) is 3.04. The molecule has 5 heteroatoms. The van der Waals surface area contributed by atoms with E-state index in [4.69, 9.17) is 15.2 Å². The highest BCUT2D eigenvalue weighted by Crippen LogP contribution is 2.38. The van der Waals surface area contributed by atoms with E-state index in [0.717, 1.165) is 6.42 Å². The summed E-state index contributed by atoms with van der Waals surface area (Å²) in [5.41, 5.74) is 5.80. The van der Waals surface area contributed by atoms with E-state index in [1.807, 2.05) is 0 Å². The normalized spacial score (nSPS) is 26.6. The molecule has 1 aromatic rings. The van der Waals surface area contributed by atoms with Crippen LogP contribution in [0.5, 0.6) is 11.6 Å².